The Hall–Kier alpha value is -2.12. The lowest BCUT2D eigenvalue weighted by molar-refractivity contribution is -0.155. The zero-order valence-electron chi connectivity index (χ0n) is 18.8. The van der Waals surface area contributed by atoms with E-state index in [-0.39, 0.29) is 76.0 Å². The minimum absolute atomic E-state index is 0.141. The van der Waals surface area contributed by atoms with Crippen LogP contribution in [0, 0.1) is 10.8 Å². The van der Waals surface area contributed by atoms with Gasteiger partial charge in [0.25, 0.3) is 0 Å². The highest BCUT2D eigenvalue weighted by molar-refractivity contribution is 5.71. The fraction of sp³-hybridized carbons (Fsp3) is 0.818. The maximum absolute atomic E-state index is 11.9. The first-order valence-electron chi connectivity index (χ1n) is 10.6. The van der Waals surface area contributed by atoms with Crippen LogP contribution >= 0.6 is 0 Å². The first kappa shape index (κ1) is 25.9. The Morgan fingerprint density at radius 2 is 0.667 bits per heavy atom. The standard InChI is InChI=1S/C22H36O8/c1-21(2)13-27-17(23)9-5-7-11-19(25)29-15-22(3,4)16-30-20(26)12-8-6-10-18(24)28-14-21/h5-16H2,1-4H3. The van der Waals surface area contributed by atoms with E-state index in [1.165, 1.54) is 0 Å². The molecular weight excluding hydrogens is 392 g/mol. The van der Waals surface area contributed by atoms with Crippen molar-refractivity contribution in [2.75, 3.05) is 26.4 Å². The minimum atomic E-state index is -0.497. The number of hydrogen-bond acceptors (Lipinski definition) is 8. The SMILES string of the molecule is CC1(C)COC(=O)CCCCC(=O)OCC(C)(C)COC(=O)CCCCC(=O)OC1. The molecule has 0 aromatic carbocycles. The van der Waals surface area contributed by atoms with Gasteiger partial charge in [0.15, 0.2) is 0 Å². The topological polar surface area (TPSA) is 105 Å². The van der Waals surface area contributed by atoms with E-state index in [1.807, 2.05) is 27.7 Å². The Labute approximate surface area is 178 Å². The maximum Gasteiger partial charge on any atom is 0.305 e. The summed E-state index contributed by atoms with van der Waals surface area (Å²) in [5, 5.41) is 0. The van der Waals surface area contributed by atoms with Crippen LogP contribution in [0.4, 0.5) is 0 Å². The van der Waals surface area contributed by atoms with Crippen LogP contribution in [0.25, 0.3) is 0 Å². The normalized spacial score (nSPS) is 23.6. The van der Waals surface area contributed by atoms with Crippen molar-refractivity contribution >= 4 is 23.9 Å². The third-order valence-electron chi connectivity index (χ3n) is 4.52. The fourth-order valence-electron chi connectivity index (χ4n) is 2.55. The van der Waals surface area contributed by atoms with E-state index < -0.39 is 10.8 Å². The number of hydrogen-bond donors (Lipinski definition) is 0. The van der Waals surface area contributed by atoms with Crippen molar-refractivity contribution in [2.24, 2.45) is 10.8 Å². The monoisotopic (exact) mass is 428 g/mol. The molecule has 8 nitrogen and oxygen atoms in total. The van der Waals surface area contributed by atoms with Gasteiger partial charge in [-0.05, 0) is 25.7 Å². The highest BCUT2D eigenvalue weighted by atomic mass is 16.6. The quantitative estimate of drug-likeness (QED) is 0.427. The van der Waals surface area contributed by atoms with Gasteiger partial charge in [-0.1, -0.05) is 27.7 Å². The molecule has 0 N–H and O–H groups in total. The molecule has 0 unspecified atom stereocenters. The maximum atomic E-state index is 11.9. The van der Waals surface area contributed by atoms with Gasteiger partial charge in [0.05, 0.1) is 26.4 Å². The summed E-state index contributed by atoms with van der Waals surface area (Å²) in [6, 6.07) is 0. The lowest BCUT2D eigenvalue weighted by Gasteiger charge is -2.24. The van der Waals surface area contributed by atoms with Crippen molar-refractivity contribution in [1.29, 1.82) is 0 Å². The fourth-order valence-corrected chi connectivity index (χ4v) is 2.55. The van der Waals surface area contributed by atoms with Gasteiger partial charge in [0.2, 0.25) is 0 Å². The third kappa shape index (κ3) is 12.4. The number of carbonyl (C=O) groups excluding carboxylic acids is 4. The molecule has 0 atom stereocenters. The number of esters is 4. The van der Waals surface area contributed by atoms with Crippen molar-refractivity contribution in [3.63, 3.8) is 0 Å². The summed E-state index contributed by atoms with van der Waals surface area (Å²) in [7, 11) is 0. The Morgan fingerprint density at radius 1 is 0.467 bits per heavy atom. The van der Waals surface area contributed by atoms with Crippen molar-refractivity contribution < 1.29 is 38.1 Å². The largest absolute Gasteiger partial charge is 0.465 e. The first-order chi connectivity index (χ1) is 14.0. The first-order valence-corrected chi connectivity index (χ1v) is 10.6. The highest BCUT2D eigenvalue weighted by Gasteiger charge is 2.24. The molecular formula is C22H36O8. The van der Waals surface area contributed by atoms with E-state index in [4.69, 9.17) is 18.9 Å². The number of ether oxygens (including phenoxy) is 4. The minimum Gasteiger partial charge on any atom is -0.465 e. The van der Waals surface area contributed by atoms with Crippen LogP contribution in [0.3, 0.4) is 0 Å². The van der Waals surface area contributed by atoms with E-state index in [2.05, 4.69) is 0 Å². The molecule has 0 aromatic rings. The number of rotatable bonds is 0. The second-order valence-electron chi connectivity index (χ2n) is 9.39. The zero-order valence-corrected chi connectivity index (χ0v) is 18.8. The number of cyclic esters (lactones) is 4. The van der Waals surface area contributed by atoms with Gasteiger partial charge in [-0.15, -0.1) is 0 Å². The molecule has 1 heterocycles. The average Bonchev–Trinajstić information content (AvgIpc) is 2.68. The van der Waals surface area contributed by atoms with E-state index in [0.29, 0.717) is 25.7 Å². The van der Waals surface area contributed by atoms with Crippen LogP contribution in [0.2, 0.25) is 0 Å². The molecule has 8 heteroatoms. The molecule has 0 aromatic heterocycles. The summed E-state index contributed by atoms with van der Waals surface area (Å²) in [5.41, 5.74) is -0.995. The van der Waals surface area contributed by atoms with Crippen molar-refractivity contribution in [3.05, 3.63) is 0 Å². The zero-order chi connectivity index (χ0) is 22.6. The van der Waals surface area contributed by atoms with E-state index in [0.717, 1.165) is 0 Å². The molecule has 1 saturated heterocycles. The average molecular weight is 429 g/mol. The van der Waals surface area contributed by atoms with Crippen LogP contribution < -0.4 is 0 Å². The third-order valence-corrected chi connectivity index (χ3v) is 4.52. The van der Waals surface area contributed by atoms with Crippen LogP contribution in [-0.4, -0.2) is 50.3 Å². The molecule has 172 valence electrons. The van der Waals surface area contributed by atoms with Gasteiger partial charge in [0, 0.05) is 36.5 Å². The van der Waals surface area contributed by atoms with Crippen molar-refractivity contribution in [1.82, 2.24) is 0 Å². The Kier molecular flexibility index (Phi) is 10.8. The smallest absolute Gasteiger partial charge is 0.305 e. The van der Waals surface area contributed by atoms with Crippen LogP contribution in [0.15, 0.2) is 0 Å². The molecule has 1 rings (SSSR count). The number of carbonyl (C=O) groups is 4. The molecule has 0 saturated carbocycles. The summed E-state index contributed by atoms with van der Waals surface area (Å²) in [6.45, 7) is 7.95. The van der Waals surface area contributed by atoms with Gasteiger partial charge >= 0.3 is 23.9 Å². The van der Waals surface area contributed by atoms with Crippen LogP contribution in [0.5, 0.6) is 0 Å². The second kappa shape index (κ2) is 12.5. The molecule has 1 fully saturated rings. The van der Waals surface area contributed by atoms with Gasteiger partial charge in [0.1, 0.15) is 0 Å². The molecule has 30 heavy (non-hydrogen) atoms. The van der Waals surface area contributed by atoms with Gasteiger partial charge in [-0.25, -0.2) is 0 Å². The molecule has 0 amide bonds. The molecule has 0 bridgehead atoms. The van der Waals surface area contributed by atoms with E-state index >= 15 is 0 Å². The van der Waals surface area contributed by atoms with Gasteiger partial charge < -0.3 is 18.9 Å². The predicted octanol–water partition coefficient (Wildman–Crippen LogP) is 3.35. The van der Waals surface area contributed by atoms with Crippen molar-refractivity contribution in [2.45, 2.75) is 79.1 Å². The van der Waals surface area contributed by atoms with Gasteiger partial charge in [-0.2, -0.15) is 0 Å². The molecule has 1 aliphatic heterocycles. The summed E-state index contributed by atoms with van der Waals surface area (Å²) < 4.78 is 21.1. The lowest BCUT2D eigenvalue weighted by Crippen LogP contribution is -2.29. The summed E-state index contributed by atoms with van der Waals surface area (Å²) in [5.74, 6) is -1.36. The summed E-state index contributed by atoms with van der Waals surface area (Å²) in [4.78, 5) is 47.6. The molecule has 0 radical (unpaired) electrons. The Balaban J connectivity index is 2.59. The van der Waals surface area contributed by atoms with Gasteiger partial charge in [-0.3, -0.25) is 19.2 Å². The second-order valence-corrected chi connectivity index (χ2v) is 9.39. The van der Waals surface area contributed by atoms with E-state index in [9.17, 15) is 19.2 Å². The van der Waals surface area contributed by atoms with E-state index in [1.54, 1.807) is 0 Å². The predicted molar refractivity (Wildman–Crippen MR) is 108 cm³/mol. The highest BCUT2D eigenvalue weighted by Crippen LogP contribution is 2.19. The summed E-state index contributed by atoms with van der Waals surface area (Å²) >= 11 is 0. The Morgan fingerprint density at radius 3 is 0.867 bits per heavy atom. The Bertz CT molecular complexity index is 494. The van der Waals surface area contributed by atoms with Crippen molar-refractivity contribution in [3.8, 4) is 0 Å². The lowest BCUT2D eigenvalue weighted by atomic mass is 9.96. The summed E-state index contributed by atoms with van der Waals surface area (Å²) in [6.07, 6.45) is 2.92. The van der Waals surface area contributed by atoms with Crippen LogP contribution in [-0.2, 0) is 38.1 Å². The molecule has 1 aliphatic rings. The molecule has 0 spiro atoms. The van der Waals surface area contributed by atoms with Crippen LogP contribution in [0.1, 0.15) is 79.1 Å². The molecule has 0 aliphatic carbocycles.